The van der Waals surface area contributed by atoms with E-state index in [1.807, 2.05) is 78.9 Å². The first-order valence-electron chi connectivity index (χ1n) is 14.7. The van der Waals surface area contributed by atoms with Crippen molar-refractivity contribution >= 4 is 11.7 Å². The quantitative estimate of drug-likeness (QED) is 0.118. The first-order valence-corrected chi connectivity index (χ1v) is 14.7. The summed E-state index contributed by atoms with van der Waals surface area (Å²) in [5.74, 6) is 0.820. The molecule has 4 aromatic rings. The molecule has 4 rings (SSSR count). The molecule has 0 saturated heterocycles. The van der Waals surface area contributed by atoms with Gasteiger partial charge < -0.3 is 15.4 Å². The van der Waals surface area contributed by atoms with Gasteiger partial charge in [0.2, 0.25) is 0 Å². The molecule has 0 aliphatic heterocycles. The highest BCUT2D eigenvalue weighted by Crippen LogP contribution is 2.36. The molecule has 208 valence electrons. The van der Waals surface area contributed by atoms with Crippen LogP contribution in [0.25, 0.3) is 0 Å². The van der Waals surface area contributed by atoms with E-state index in [9.17, 15) is 4.79 Å². The summed E-state index contributed by atoms with van der Waals surface area (Å²) in [7, 11) is 0. The molecule has 0 bridgehead atoms. The van der Waals surface area contributed by atoms with E-state index >= 15 is 0 Å². The van der Waals surface area contributed by atoms with Crippen LogP contribution in [0.1, 0.15) is 75.0 Å². The van der Waals surface area contributed by atoms with Crippen LogP contribution in [-0.2, 0) is 5.54 Å². The molecule has 0 spiro atoms. The van der Waals surface area contributed by atoms with E-state index in [2.05, 4.69) is 54.0 Å². The fourth-order valence-corrected chi connectivity index (χ4v) is 5.17. The number of hydrogen-bond acceptors (Lipinski definition) is 2. The highest BCUT2D eigenvalue weighted by Gasteiger charge is 2.37. The molecule has 0 heterocycles. The van der Waals surface area contributed by atoms with Crippen LogP contribution < -0.4 is 15.4 Å². The van der Waals surface area contributed by atoms with Crippen LogP contribution in [0.2, 0.25) is 0 Å². The maximum Gasteiger partial charge on any atom is 0.320 e. The first-order chi connectivity index (χ1) is 19.7. The smallest absolute Gasteiger partial charge is 0.320 e. The van der Waals surface area contributed by atoms with Gasteiger partial charge in [0.15, 0.2) is 0 Å². The number of rotatable bonds is 15. The summed E-state index contributed by atoms with van der Waals surface area (Å²) in [6, 6.07) is 37.6. The number of anilines is 1. The van der Waals surface area contributed by atoms with Crippen LogP contribution in [0.3, 0.4) is 0 Å². The largest absolute Gasteiger partial charge is 0.494 e. The van der Waals surface area contributed by atoms with Crippen molar-refractivity contribution in [3.8, 4) is 5.75 Å². The van der Waals surface area contributed by atoms with Gasteiger partial charge in [0.1, 0.15) is 11.3 Å². The number of nitrogens with one attached hydrogen (secondary N) is 2. The van der Waals surface area contributed by atoms with Crippen molar-refractivity contribution in [3.05, 3.63) is 132 Å². The average molecular weight is 535 g/mol. The van der Waals surface area contributed by atoms with Crippen molar-refractivity contribution < 1.29 is 9.53 Å². The Hall–Kier alpha value is -4.05. The van der Waals surface area contributed by atoms with Crippen LogP contribution in [0.4, 0.5) is 10.5 Å². The Morgan fingerprint density at radius 3 is 1.52 bits per heavy atom. The maximum atomic E-state index is 13.5. The lowest BCUT2D eigenvalue weighted by Gasteiger charge is -2.36. The third-order valence-electron chi connectivity index (χ3n) is 7.30. The lowest BCUT2D eigenvalue weighted by molar-refractivity contribution is 0.245. The molecule has 2 amide bonds. The molecule has 2 N–H and O–H groups in total. The average Bonchev–Trinajstić information content (AvgIpc) is 3.01. The van der Waals surface area contributed by atoms with Gasteiger partial charge in [-0.15, -0.1) is 0 Å². The topological polar surface area (TPSA) is 50.4 Å². The third kappa shape index (κ3) is 7.98. The minimum absolute atomic E-state index is 0.288. The summed E-state index contributed by atoms with van der Waals surface area (Å²) in [5.41, 5.74) is 2.78. The summed E-state index contributed by atoms with van der Waals surface area (Å²) in [5, 5.41) is 6.36. The van der Waals surface area contributed by atoms with E-state index in [0.717, 1.165) is 35.5 Å². The van der Waals surface area contributed by atoms with E-state index in [4.69, 9.17) is 4.74 Å². The lowest BCUT2D eigenvalue weighted by Crippen LogP contribution is -2.49. The number of amides is 2. The number of unbranched alkanes of at least 4 members (excludes halogenated alkanes) is 7. The van der Waals surface area contributed by atoms with Gasteiger partial charge in [0, 0.05) is 5.69 Å². The van der Waals surface area contributed by atoms with Crippen molar-refractivity contribution in [2.24, 2.45) is 0 Å². The van der Waals surface area contributed by atoms with Gasteiger partial charge in [-0.25, -0.2) is 4.79 Å². The third-order valence-corrected chi connectivity index (χ3v) is 7.30. The summed E-state index contributed by atoms with van der Waals surface area (Å²) in [6.45, 7) is 2.97. The molecule has 0 atom stereocenters. The Bertz CT molecular complexity index is 1160. The molecule has 40 heavy (non-hydrogen) atoms. The van der Waals surface area contributed by atoms with Crippen LogP contribution in [0, 0.1) is 0 Å². The summed E-state index contributed by atoms with van der Waals surface area (Å²) < 4.78 is 5.94. The fourth-order valence-electron chi connectivity index (χ4n) is 5.17. The molecule has 0 aromatic heterocycles. The molecule has 0 fully saturated rings. The second-order valence-corrected chi connectivity index (χ2v) is 10.3. The molecule has 0 unspecified atom stereocenters. The van der Waals surface area contributed by atoms with E-state index < -0.39 is 5.54 Å². The number of carbonyl (C=O) groups excluding carboxylic acids is 1. The Morgan fingerprint density at radius 1 is 0.600 bits per heavy atom. The zero-order chi connectivity index (χ0) is 27.9. The lowest BCUT2D eigenvalue weighted by atomic mass is 9.77. The molecule has 0 saturated carbocycles. The Labute approximate surface area is 239 Å². The number of benzene rings is 4. The molecule has 0 aliphatic carbocycles. The highest BCUT2D eigenvalue weighted by atomic mass is 16.5. The van der Waals surface area contributed by atoms with E-state index in [0.29, 0.717) is 5.69 Å². The van der Waals surface area contributed by atoms with Gasteiger partial charge in [0.25, 0.3) is 0 Å². The minimum Gasteiger partial charge on any atom is -0.494 e. The highest BCUT2D eigenvalue weighted by molar-refractivity contribution is 5.91. The van der Waals surface area contributed by atoms with Crippen LogP contribution in [-0.4, -0.2) is 12.6 Å². The summed E-state index contributed by atoms with van der Waals surface area (Å²) in [4.78, 5) is 13.5. The standard InChI is InChI=1S/C36H42N2O2/c1-2-3-4-5-6-7-8-18-29-40-34-27-25-33(26-28-34)37-35(39)38-36(30-19-12-9-13-20-30,31-21-14-10-15-22-31)32-23-16-11-17-24-32/h9-17,19-28H,2-8,18,29H2,1H3,(H2,37,38,39). The summed E-state index contributed by atoms with van der Waals surface area (Å²) in [6.07, 6.45) is 10.2. The zero-order valence-corrected chi connectivity index (χ0v) is 23.7. The summed E-state index contributed by atoms with van der Waals surface area (Å²) >= 11 is 0. The monoisotopic (exact) mass is 534 g/mol. The van der Waals surface area contributed by atoms with Gasteiger partial charge in [0.05, 0.1) is 6.61 Å². The van der Waals surface area contributed by atoms with Crippen LogP contribution in [0.5, 0.6) is 5.75 Å². The van der Waals surface area contributed by atoms with Gasteiger partial charge in [-0.2, -0.15) is 0 Å². The van der Waals surface area contributed by atoms with Crippen molar-refractivity contribution in [1.82, 2.24) is 5.32 Å². The predicted octanol–water partition coefficient (Wildman–Crippen LogP) is 9.32. The minimum atomic E-state index is -0.868. The zero-order valence-electron chi connectivity index (χ0n) is 23.7. The van der Waals surface area contributed by atoms with Crippen molar-refractivity contribution in [2.45, 2.75) is 63.8 Å². The fraction of sp³-hybridized carbons (Fsp3) is 0.306. The van der Waals surface area contributed by atoms with Crippen LogP contribution >= 0.6 is 0 Å². The maximum absolute atomic E-state index is 13.5. The Kier molecular flexibility index (Phi) is 11.2. The number of carbonyl (C=O) groups is 1. The first kappa shape index (κ1) is 28.9. The normalized spacial score (nSPS) is 11.1. The van der Waals surface area contributed by atoms with Crippen molar-refractivity contribution in [2.75, 3.05) is 11.9 Å². The van der Waals surface area contributed by atoms with Crippen LogP contribution in [0.15, 0.2) is 115 Å². The van der Waals surface area contributed by atoms with E-state index in [1.165, 1.54) is 44.9 Å². The predicted molar refractivity (Wildman–Crippen MR) is 166 cm³/mol. The van der Waals surface area contributed by atoms with Gasteiger partial charge in [-0.05, 0) is 47.4 Å². The van der Waals surface area contributed by atoms with Gasteiger partial charge >= 0.3 is 6.03 Å². The van der Waals surface area contributed by atoms with E-state index in [-0.39, 0.29) is 6.03 Å². The van der Waals surface area contributed by atoms with Crippen molar-refractivity contribution in [3.63, 3.8) is 0 Å². The molecule has 0 radical (unpaired) electrons. The SMILES string of the molecule is CCCCCCCCCCOc1ccc(NC(=O)NC(c2ccccc2)(c2ccccc2)c2ccccc2)cc1. The van der Waals surface area contributed by atoms with E-state index in [1.54, 1.807) is 0 Å². The molecule has 4 heteroatoms. The van der Waals surface area contributed by atoms with Crippen molar-refractivity contribution in [1.29, 1.82) is 0 Å². The molecular formula is C36H42N2O2. The molecule has 4 nitrogen and oxygen atoms in total. The second-order valence-electron chi connectivity index (χ2n) is 10.3. The number of ether oxygens (including phenoxy) is 1. The Morgan fingerprint density at radius 2 is 1.05 bits per heavy atom. The van der Waals surface area contributed by atoms with Gasteiger partial charge in [-0.1, -0.05) is 143 Å². The second kappa shape index (κ2) is 15.5. The number of urea groups is 1. The molecule has 0 aliphatic rings. The number of hydrogen-bond donors (Lipinski definition) is 2. The molecule has 4 aromatic carbocycles. The van der Waals surface area contributed by atoms with Gasteiger partial charge in [-0.3, -0.25) is 0 Å². The Balaban J connectivity index is 1.40. The molecular weight excluding hydrogens is 492 g/mol.